The Labute approximate surface area is 118 Å². The van der Waals surface area contributed by atoms with Crippen LogP contribution in [0.1, 0.15) is 27.7 Å². The summed E-state index contributed by atoms with van der Waals surface area (Å²) in [6.45, 7) is 6.57. The average Bonchev–Trinajstić information content (AvgIpc) is 2.41. The van der Waals surface area contributed by atoms with Crippen LogP contribution in [-0.2, 0) is 0 Å². The second kappa shape index (κ2) is 7.10. The van der Waals surface area contributed by atoms with Crippen LogP contribution < -0.4 is 0 Å². The Bertz CT molecular complexity index is 485. The van der Waals surface area contributed by atoms with Crippen molar-refractivity contribution in [2.45, 2.75) is 38.8 Å². The molecule has 0 saturated carbocycles. The number of phenolic OH excluding ortho intramolecular Hbond substituents is 2. The average molecular weight is 274 g/mol. The van der Waals surface area contributed by atoms with Gasteiger partial charge >= 0.3 is 0 Å². The van der Waals surface area contributed by atoms with Crippen LogP contribution in [0.4, 0.5) is 0 Å². The predicted molar refractivity (Wildman–Crippen MR) is 74.0 cm³/mol. The van der Waals surface area contributed by atoms with E-state index >= 15 is 0 Å². The van der Waals surface area contributed by atoms with Crippen molar-refractivity contribution in [2.75, 3.05) is 0 Å². The lowest BCUT2D eigenvalue weighted by molar-refractivity contribution is 0.460. The molecule has 6 nitrogen and oxygen atoms in total. The van der Waals surface area contributed by atoms with Gasteiger partial charge < -0.3 is 10.2 Å². The maximum atomic E-state index is 8.65. The quantitative estimate of drug-likeness (QED) is 0.637. The molecular formula is C14H18N4O2. The summed E-state index contributed by atoms with van der Waals surface area (Å²) < 4.78 is 0. The highest BCUT2D eigenvalue weighted by atomic mass is 16.3. The fraction of sp³-hybridized carbons (Fsp3) is 0.429. The van der Waals surface area contributed by atoms with E-state index in [4.69, 9.17) is 20.7 Å². The van der Waals surface area contributed by atoms with Crippen molar-refractivity contribution in [3.05, 3.63) is 24.3 Å². The molecule has 0 aromatic heterocycles. The summed E-state index contributed by atoms with van der Waals surface area (Å²) in [5, 5.41) is 42.0. The van der Waals surface area contributed by atoms with Gasteiger partial charge in [-0.3, -0.25) is 0 Å². The highest BCUT2D eigenvalue weighted by molar-refractivity contribution is 5.28. The summed E-state index contributed by atoms with van der Waals surface area (Å²) in [5.41, 5.74) is -1.68. The molecule has 1 rings (SSSR count). The van der Waals surface area contributed by atoms with E-state index in [-0.39, 0.29) is 11.5 Å². The van der Waals surface area contributed by atoms with Gasteiger partial charge in [-0.25, -0.2) is 0 Å². The van der Waals surface area contributed by atoms with Gasteiger partial charge in [-0.1, -0.05) is 0 Å². The Hall–Kier alpha value is -2.60. The Kier molecular flexibility index (Phi) is 6.18. The third-order valence-corrected chi connectivity index (χ3v) is 1.95. The van der Waals surface area contributed by atoms with E-state index in [0.717, 1.165) is 0 Å². The zero-order valence-corrected chi connectivity index (χ0v) is 12.0. The normalized spacial score (nSPS) is 11.1. The highest BCUT2D eigenvalue weighted by Crippen LogP contribution is 2.14. The minimum atomic E-state index is -0.839. The highest BCUT2D eigenvalue weighted by Gasteiger charge is 2.19. The van der Waals surface area contributed by atoms with Gasteiger partial charge in [0.2, 0.25) is 0 Å². The monoisotopic (exact) mass is 274 g/mol. The third-order valence-electron chi connectivity index (χ3n) is 1.95. The molecule has 106 valence electrons. The molecule has 0 spiro atoms. The number of azo groups is 1. The van der Waals surface area contributed by atoms with Crippen LogP contribution >= 0.6 is 0 Å². The molecule has 0 aliphatic heterocycles. The molecule has 0 aliphatic rings. The minimum absolute atomic E-state index is 0.169. The molecule has 0 heterocycles. The van der Waals surface area contributed by atoms with E-state index in [1.807, 2.05) is 12.1 Å². The first-order chi connectivity index (χ1) is 9.12. The standard InChI is InChI=1S/C8H12N4.C6H6O2/c1-7(2,5-9)11-12-8(3,4)6-10;7-5-1-2-6(8)4-3-5/h1-4H3;1-4,7-8H. The molecule has 1 aromatic carbocycles. The van der Waals surface area contributed by atoms with Crippen molar-refractivity contribution >= 4 is 0 Å². The van der Waals surface area contributed by atoms with Gasteiger partial charge in [0.15, 0.2) is 11.1 Å². The van der Waals surface area contributed by atoms with Crippen LogP contribution in [0.25, 0.3) is 0 Å². The van der Waals surface area contributed by atoms with Crippen molar-refractivity contribution in [1.82, 2.24) is 0 Å². The summed E-state index contributed by atoms with van der Waals surface area (Å²) in [6.07, 6.45) is 0. The number of rotatable bonds is 2. The second-order valence-corrected chi connectivity index (χ2v) is 5.06. The fourth-order valence-electron chi connectivity index (χ4n) is 0.747. The van der Waals surface area contributed by atoms with Crippen LogP contribution in [0.2, 0.25) is 0 Å². The molecule has 6 heteroatoms. The largest absolute Gasteiger partial charge is 0.508 e. The first-order valence-corrected chi connectivity index (χ1v) is 5.86. The molecular weight excluding hydrogens is 256 g/mol. The van der Waals surface area contributed by atoms with E-state index in [9.17, 15) is 0 Å². The van der Waals surface area contributed by atoms with Crippen LogP contribution in [-0.4, -0.2) is 21.3 Å². The van der Waals surface area contributed by atoms with Crippen LogP contribution in [0.15, 0.2) is 34.5 Å². The van der Waals surface area contributed by atoms with Gasteiger partial charge in [-0.05, 0) is 52.0 Å². The maximum Gasteiger partial charge on any atom is 0.162 e. The Morgan fingerprint density at radius 3 is 1.25 bits per heavy atom. The van der Waals surface area contributed by atoms with Crippen LogP contribution in [0.5, 0.6) is 11.5 Å². The van der Waals surface area contributed by atoms with E-state index in [2.05, 4.69) is 10.2 Å². The van der Waals surface area contributed by atoms with Gasteiger partial charge in [0.25, 0.3) is 0 Å². The minimum Gasteiger partial charge on any atom is -0.508 e. The Morgan fingerprint density at radius 1 is 0.800 bits per heavy atom. The number of benzene rings is 1. The molecule has 0 bridgehead atoms. The van der Waals surface area contributed by atoms with E-state index in [0.29, 0.717) is 0 Å². The molecule has 1 aromatic rings. The molecule has 0 atom stereocenters. The van der Waals surface area contributed by atoms with Crippen LogP contribution in [0.3, 0.4) is 0 Å². The number of nitriles is 2. The summed E-state index contributed by atoms with van der Waals surface area (Å²) in [6, 6.07) is 9.64. The molecule has 0 saturated heterocycles. The first-order valence-electron chi connectivity index (χ1n) is 5.86. The topological polar surface area (TPSA) is 113 Å². The van der Waals surface area contributed by atoms with Gasteiger partial charge in [-0.15, -0.1) is 0 Å². The SMILES string of the molecule is CC(C)(C#N)N=NC(C)(C)C#N.Oc1ccc(O)cc1. The van der Waals surface area contributed by atoms with Gasteiger partial charge in [0.1, 0.15) is 11.5 Å². The number of hydrogen-bond acceptors (Lipinski definition) is 6. The van der Waals surface area contributed by atoms with Crippen LogP contribution in [0, 0.1) is 22.7 Å². The molecule has 0 unspecified atom stereocenters. The van der Waals surface area contributed by atoms with Crippen molar-refractivity contribution in [3.8, 4) is 23.6 Å². The molecule has 0 fully saturated rings. The Morgan fingerprint density at radius 2 is 1.05 bits per heavy atom. The summed E-state index contributed by atoms with van der Waals surface area (Å²) in [4.78, 5) is 0. The Balaban J connectivity index is 0.000000388. The van der Waals surface area contributed by atoms with Crippen molar-refractivity contribution in [1.29, 1.82) is 10.5 Å². The number of nitrogens with zero attached hydrogens (tertiary/aromatic N) is 4. The number of aromatic hydroxyl groups is 2. The summed E-state index contributed by atoms with van der Waals surface area (Å²) >= 11 is 0. The third kappa shape index (κ3) is 7.67. The van der Waals surface area contributed by atoms with Crippen molar-refractivity contribution in [3.63, 3.8) is 0 Å². The lowest BCUT2D eigenvalue weighted by atomic mass is 10.1. The molecule has 0 radical (unpaired) electrons. The lowest BCUT2D eigenvalue weighted by Gasteiger charge is -2.11. The lowest BCUT2D eigenvalue weighted by Crippen LogP contribution is -2.17. The fourth-order valence-corrected chi connectivity index (χ4v) is 0.747. The zero-order valence-electron chi connectivity index (χ0n) is 12.0. The molecule has 0 aliphatic carbocycles. The molecule has 0 amide bonds. The van der Waals surface area contributed by atoms with Gasteiger partial charge in [0.05, 0.1) is 12.1 Å². The van der Waals surface area contributed by atoms with Gasteiger partial charge in [-0.2, -0.15) is 20.8 Å². The van der Waals surface area contributed by atoms with Crippen molar-refractivity contribution in [2.24, 2.45) is 10.2 Å². The summed E-state index contributed by atoms with van der Waals surface area (Å²) in [5.74, 6) is 0.339. The van der Waals surface area contributed by atoms with E-state index in [1.54, 1.807) is 27.7 Å². The van der Waals surface area contributed by atoms with Crippen molar-refractivity contribution < 1.29 is 10.2 Å². The second-order valence-electron chi connectivity index (χ2n) is 5.06. The maximum absolute atomic E-state index is 8.65. The zero-order chi connectivity index (χ0) is 15.8. The number of hydrogen-bond donors (Lipinski definition) is 2. The predicted octanol–water partition coefficient (Wildman–Crippen LogP) is 3.14. The smallest absolute Gasteiger partial charge is 0.162 e. The number of phenols is 2. The van der Waals surface area contributed by atoms with Gasteiger partial charge in [0, 0.05) is 0 Å². The molecule has 20 heavy (non-hydrogen) atoms. The molecule has 2 N–H and O–H groups in total. The van der Waals surface area contributed by atoms with E-state index in [1.165, 1.54) is 24.3 Å². The summed E-state index contributed by atoms with van der Waals surface area (Å²) in [7, 11) is 0. The first kappa shape index (κ1) is 17.4. The van der Waals surface area contributed by atoms with E-state index < -0.39 is 11.1 Å².